The molecule has 10 heteroatoms. The molecule has 0 radical (unpaired) electrons. The van der Waals surface area contributed by atoms with Gasteiger partial charge in [0.2, 0.25) is 0 Å². The Balaban J connectivity index is 2.61. The minimum atomic E-state index is -4.14. The van der Waals surface area contributed by atoms with Crippen LogP contribution >= 0.6 is 0 Å². The molecule has 0 amide bonds. The number of nitro groups is 2. The average molecular weight is 365 g/mol. The smallest absolute Gasteiger partial charge is 0.269 e. The van der Waals surface area contributed by atoms with E-state index in [0.29, 0.717) is 11.1 Å². The molecule has 2 aromatic rings. The van der Waals surface area contributed by atoms with Gasteiger partial charge in [-0.15, -0.1) is 0 Å². The van der Waals surface area contributed by atoms with Gasteiger partial charge in [-0.1, -0.05) is 12.1 Å². The maximum atomic E-state index is 12.9. The molecule has 0 N–H and O–H groups in total. The molecule has 2 rings (SSSR count). The summed E-state index contributed by atoms with van der Waals surface area (Å²) in [7, 11) is -2.89. The van der Waals surface area contributed by atoms with Crippen molar-refractivity contribution in [1.29, 1.82) is 0 Å². The molecule has 0 saturated carbocycles. The summed E-state index contributed by atoms with van der Waals surface area (Å²) in [4.78, 5) is 20.3. The predicted molar refractivity (Wildman–Crippen MR) is 91.3 cm³/mol. The van der Waals surface area contributed by atoms with E-state index in [1.165, 1.54) is 38.2 Å². The molecule has 0 aromatic heterocycles. The van der Waals surface area contributed by atoms with E-state index in [1.807, 2.05) is 0 Å². The molecule has 0 aliphatic carbocycles. The van der Waals surface area contributed by atoms with Crippen LogP contribution in [0.3, 0.4) is 0 Å². The predicted octanol–water partition coefficient (Wildman–Crippen LogP) is 2.94. The third-order valence-electron chi connectivity index (χ3n) is 3.76. The molecular weight excluding hydrogens is 350 g/mol. The summed E-state index contributed by atoms with van der Waals surface area (Å²) in [6.07, 6.45) is 0. The third kappa shape index (κ3) is 3.43. The number of non-ortho nitro benzene ring substituents is 2. The second kappa shape index (κ2) is 6.48. The number of nitrogens with zero attached hydrogens (tertiary/aromatic N) is 3. The number of sulfonamides is 1. The Hall–Kier alpha value is -3.01. The minimum Gasteiger partial charge on any atom is -0.269 e. The van der Waals surface area contributed by atoms with Gasteiger partial charge in [0.1, 0.15) is 0 Å². The first kappa shape index (κ1) is 18.3. The molecule has 0 aliphatic heterocycles. The van der Waals surface area contributed by atoms with Crippen LogP contribution in [0.4, 0.5) is 17.1 Å². The fraction of sp³-hybridized carbons (Fsp3) is 0.200. The number of nitro benzene ring substituents is 2. The molecule has 0 aliphatic rings. The molecule has 0 unspecified atom stereocenters. The summed E-state index contributed by atoms with van der Waals surface area (Å²) >= 11 is 0. The normalized spacial score (nSPS) is 11.2. The Labute approximate surface area is 143 Å². The Bertz CT molecular complexity index is 971. The lowest BCUT2D eigenvalue weighted by Crippen LogP contribution is -2.28. The van der Waals surface area contributed by atoms with Crippen molar-refractivity contribution >= 4 is 27.1 Å². The number of anilines is 1. The lowest BCUT2D eigenvalue weighted by molar-refractivity contribution is -0.385. The molecule has 2 aromatic carbocycles. The van der Waals surface area contributed by atoms with E-state index in [0.717, 1.165) is 16.4 Å². The summed E-state index contributed by atoms with van der Waals surface area (Å²) in [5.41, 5.74) is 0.368. The van der Waals surface area contributed by atoms with E-state index in [9.17, 15) is 28.6 Å². The molecular formula is C15H15N3O6S. The number of aryl methyl sites for hydroxylation is 2. The van der Waals surface area contributed by atoms with Gasteiger partial charge in [0.15, 0.2) is 0 Å². The van der Waals surface area contributed by atoms with Crippen molar-refractivity contribution in [3.8, 4) is 0 Å². The van der Waals surface area contributed by atoms with Crippen molar-refractivity contribution in [3.05, 3.63) is 67.8 Å². The van der Waals surface area contributed by atoms with Gasteiger partial charge in [0, 0.05) is 31.3 Å². The van der Waals surface area contributed by atoms with Gasteiger partial charge in [-0.3, -0.25) is 24.5 Å². The highest BCUT2D eigenvalue weighted by molar-refractivity contribution is 7.92. The van der Waals surface area contributed by atoms with Crippen molar-refractivity contribution < 1.29 is 18.3 Å². The maximum absolute atomic E-state index is 12.9. The van der Waals surface area contributed by atoms with E-state index >= 15 is 0 Å². The largest absolute Gasteiger partial charge is 0.271 e. The number of hydrogen-bond donors (Lipinski definition) is 0. The molecule has 0 heterocycles. The van der Waals surface area contributed by atoms with Crippen molar-refractivity contribution in [3.63, 3.8) is 0 Å². The highest BCUT2D eigenvalue weighted by Gasteiger charge is 2.27. The third-order valence-corrected chi connectivity index (χ3v) is 5.68. The monoisotopic (exact) mass is 365 g/mol. The summed E-state index contributed by atoms with van der Waals surface area (Å²) < 4.78 is 26.7. The number of rotatable bonds is 5. The molecule has 0 atom stereocenters. The van der Waals surface area contributed by atoms with Gasteiger partial charge in [0.05, 0.1) is 20.4 Å². The van der Waals surface area contributed by atoms with Crippen LogP contribution in [0.15, 0.2) is 41.3 Å². The Morgan fingerprint density at radius 1 is 0.880 bits per heavy atom. The second-order valence-electron chi connectivity index (χ2n) is 5.41. The molecule has 9 nitrogen and oxygen atoms in total. The molecule has 0 saturated heterocycles. The Morgan fingerprint density at radius 2 is 1.36 bits per heavy atom. The first-order valence-electron chi connectivity index (χ1n) is 7.04. The SMILES string of the molecule is Cc1ccc([N+](=O)[O-])cc1N(C)S(=O)(=O)c1cc([N+](=O)[O-])ccc1C. The van der Waals surface area contributed by atoms with Gasteiger partial charge in [0.25, 0.3) is 21.4 Å². The zero-order valence-corrected chi connectivity index (χ0v) is 14.5. The van der Waals surface area contributed by atoms with Gasteiger partial charge in [-0.25, -0.2) is 8.42 Å². The van der Waals surface area contributed by atoms with Crippen LogP contribution in [0.2, 0.25) is 0 Å². The van der Waals surface area contributed by atoms with Crippen molar-refractivity contribution in [1.82, 2.24) is 0 Å². The summed E-state index contributed by atoms with van der Waals surface area (Å²) in [6, 6.07) is 7.41. The lowest BCUT2D eigenvalue weighted by atomic mass is 10.2. The van der Waals surface area contributed by atoms with Crippen LogP contribution in [0.1, 0.15) is 11.1 Å². The number of hydrogen-bond acceptors (Lipinski definition) is 6. The van der Waals surface area contributed by atoms with Gasteiger partial charge in [-0.05, 0) is 25.0 Å². The van der Waals surface area contributed by atoms with Crippen molar-refractivity contribution in [2.24, 2.45) is 0 Å². The first-order valence-corrected chi connectivity index (χ1v) is 8.48. The van der Waals surface area contributed by atoms with Crippen LogP contribution in [-0.4, -0.2) is 25.3 Å². The quantitative estimate of drug-likeness (QED) is 0.593. The van der Waals surface area contributed by atoms with Crippen LogP contribution in [0.25, 0.3) is 0 Å². The minimum absolute atomic E-state index is 0.125. The van der Waals surface area contributed by atoms with Crippen LogP contribution in [-0.2, 0) is 10.0 Å². The summed E-state index contributed by atoms with van der Waals surface area (Å²) in [5.74, 6) is 0. The highest BCUT2D eigenvalue weighted by Crippen LogP contribution is 2.31. The van der Waals surface area contributed by atoms with Crippen molar-refractivity contribution in [2.45, 2.75) is 18.7 Å². The average Bonchev–Trinajstić information content (AvgIpc) is 2.54. The first-order chi connectivity index (χ1) is 11.6. The maximum Gasteiger partial charge on any atom is 0.271 e. The zero-order valence-electron chi connectivity index (χ0n) is 13.7. The van der Waals surface area contributed by atoms with E-state index < -0.39 is 19.9 Å². The van der Waals surface area contributed by atoms with Crippen LogP contribution in [0, 0.1) is 34.1 Å². The van der Waals surface area contributed by atoms with Gasteiger partial charge < -0.3 is 0 Å². The standard InChI is InChI=1S/C15H15N3O6S/c1-10-4-6-12(17(19)20)8-14(10)16(3)25(23,24)15-9-13(18(21)22)7-5-11(15)2/h4-9H,1-3H3. The Morgan fingerprint density at radius 3 is 1.88 bits per heavy atom. The second-order valence-corrected chi connectivity index (χ2v) is 7.35. The lowest BCUT2D eigenvalue weighted by Gasteiger charge is -2.22. The zero-order chi connectivity index (χ0) is 18.9. The fourth-order valence-corrected chi connectivity index (χ4v) is 3.80. The van der Waals surface area contributed by atoms with Crippen LogP contribution < -0.4 is 4.31 Å². The molecule has 0 fully saturated rings. The van der Waals surface area contributed by atoms with E-state index in [4.69, 9.17) is 0 Å². The topological polar surface area (TPSA) is 124 Å². The molecule has 0 bridgehead atoms. The van der Waals surface area contributed by atoms with Gasteiger partial charge in [-0.2, -0.15) is 0 Å². The molecule has 25 heavy (non-hydrogen) atoms. The number of benzene rings is 2. The summed E-state index contributed by atoms with van der Waals surface area (Å²) in [5, 5.41) is 21.9. The van der Waals surface area contributed by atoms with E-state index in [1.54, 1.807) is 6.92 Å². The van der Waals surface area contributed by atoms with Gasteiger partial charge >= 0.3 is 0 Å². The Kier molecular flexibility index (Phi) is 4.75. The summed E-state index contributed by atoms with van der Waals surface area (Å²) in [6.45, 7) is 3.14. The van der Waals surface area contributed by atoms with E-state index in [2.05, 4.69) is 0 Å². The highest BCUT2D eigenvalue weighted by atomic mass is 32.2. The fourth-order valence-electron chi connectivity index (χ4n) is 2.31. The van der Waals surface area contributed by atoms with Crippen molar-refractivity contribution in [2.75, 3.05) is 11.4 Å². The van der Waals surface area contributed by atoms with Crippen LogP contribution in [0.5, 0.6) is 0 Å². The van der Waals surface area contributed by atoms with E-state index in [-0.39, 0.29) is 22.0 Å². The molecule has 132 valence electrons. The molecule has 0 spiro atoms.